The van der Waals surface area contributed by atoms with Crippen molar-refractivity contribution in [2.75, 3.05) is 26.2 Å². The Balaban J connectivity index is 1.96. The van der Waals surface area contributed by atoms with Crippen LogP contribution in [-0.4, -0.2) is 48.1 Å². The lowest BCUT2D eigenvalue weighted by Gasteiger charge is -2.48. The minimum atomic E-state index is 0.737. The molecule has 0 spiro atoms. The summed E-state index contributed by atoms with van der Waals surface area (Å²) in [7, 11) is 0. The van der Waals surface area contributed by atoms with Crippen molar-refractivity contribution in [1.82, 2.24) is 9.80 Å². The van der Waals surface area contributed by atoms with Gasteiger partial charge in [-0.1, -0.05) is 0 Å². The van der Waals surface area contributed by atoms with E-state index in [1.807, 2.05) is 0 Å². The standard InChI is InChI=1S/C13H26N2/c1-10(2)14-6-12-5-13(7-14)9-15(8-12)11(3)4/h10-13H,5-9H2,1-4H3/t12-,13+. The number of fused-ring (bicyclic) bond motifs is 2. The SMILES string of the molecule is CC(C)N1C[C@H]2CN(C(C)C)C[C@@H](C1)C2. The van der Waals surface area contributed by atoms with E-state index < -0.39 is 0 Å². The van der Waals surface area contributed by atoms with E-state index in [-0.39, 0.29) is 0 Å². The highest BCUT2D eigenvalue weighted by Gasteiger charge is 2.35. The second-order valence-electron chi connectivity index (χ2n) is 6.06. The number of hydrogen-bond acceptors (Lipinski definition) is 2. The summed E-state index contributed by atoms with van der Waals surface area (Å²) >= 11 is 0. The normalized spacial score (nSPS) is 34.0. The summed E-state index contributed by atoms with van der Waals surface area (Å²) in [5, 5.41) is 0. The second kappa shape index (κ2) is 4.42. The first kappa shape index (κ1) is 11.4. The molecule has 2 heterocycles. The molecule has 0 atom stereocenters. The van der Waals surface area contributed by atoms with E-state index in [1.54, 1.807) is 0 Å². The molecule has 0 amide bonds. The summed E-state index contributed by atoms with van der Waals surface area (Å²) in [5.74, 6) is 1.87. The van der Waals surface area contributed by atoms with E-state index in [0.29, 0.717) is 0 Å². The Morgan fingerprint density at radius 2 is 1.07 bits per heavy atom. The summed E-state index contributed by atoms with van der Waals surface area (Å²) in [5.41, 5.74) is 0. The molecule has 0 N–H and O–H groups in total. The van der Waals surface area contributed by atoms with E-state index >= 15 is 0 Å². The summed E-state index contributed by atoms with van der Waals surface area (Å²) in [6.45, 7) is 14.7. The third kappa shape index (κ3) is 2.54. The Labute approximate surface area is 94.6 Å². The van der Waals surface area contributed by atoms with Gasteiger partial charge in [0.05, 0.1) is 0 Å². The molecule has 0 radical (unpaired) electrons. The highest BCUT2D eigenvalue weighted by Crippen LogP contribution is 2.30. The van der Waals surface area contributed by atoms with Crippen molar-refractivity contribution in [1.29, 1.82) is 0 Å². The molecular formula is C13H26N2. The average molecular weight is 210 g/mol. The van der Waals surface area contributed by atoms with Crippen molar-refractivity contribution in [2.24, 2.45) is 11.8 Å². The maximum absolute atomic E-state index is 2.68. The van der Waals surface area contributed by atoms with Crippen LogP contribution >= 0.6 is 0 Å². The lowest BCUT2D eigenvalue weighted by Crippen LogP contribution is -2.55. The van der Waals surface area contributed by atoms with Gasteiger partial charge in [0.2, 0.25) is 0 Å². The fraction of sp³-hybridized carbons (Fsp3) is 1.00. The van der Waals surface area contributed by atoms with Crippen LogP contribution in [0.5, 0.6) is 0 Å². The van der Waals surface area contributed by atoms with Crippen molar-refractivity contribution in [3.8, 4) is 0 Å². The van der Waals surface area contributed by atoms with Gasteiger partial charge in [-0.3, -0.25) is 0 Å². The Bertz CT molecular complexity index is 179. The van der Waals surface area contributed by atoms with Crippen LogP contribution in [0.25, 0.3) is 0 Å². The van der Waals surface area contributed by atoms with E-state index in [0.717, 1.165) is 23.9 Å². The predicted octanol–water partition coefficient (Wildman–Crippen LogP) is 2.06. The van der Waals surface area contributed by atoms with Crippen molar-refractivity contribution in [3.05, 3.63) is 0 Å². The summed E-state index contributed by atoms with van der Waals surface area (Å²) in [6.07, 6.45) is 1.48. The smallest absolute Gasteiger partial charge is 0.00388 e. The van der Waals surface area contributed by atoms with Gasteiger partial charge in [0, 0.05) is 38.3 Å². The first-order chi connectivity index (χ1) is 7.06. The monoisotopic (exact) mass is 210 g/mol. The zero-order valence-electron chi connectivity index (χ0n) is 10.7. The number of piperidine rings is 2. The van der Waals surface area contributed by atoms with Crippen LogP contribution in [-0.2, 0) is 0 Å². The van der Waals surface area contributed by atoms with Gasteiger partial charge in [0.1, 0.15) is 0 Å². The molecule has 15 heavy (non-hydrogen) atoms. The number of hydrogen-bond donors (Lipinski definition) is 0. The molecule has 0 aromatic carbocycles. The van der Waals surface area contributed by atoms with Gasteiger partial charge in [0.15, 0.2) is 0 Å². The molecule has 0 saturated carbocycles. The number of likely N-dealkylation sites (tertiary alicyclic amines) is 2. The van der Waals surface area contributed by atoms with Crippen LogP contribution in [0.15, 0.2) is 0 Å². The average Bonchev–Trinajstić information content (AvgIpc) is 2.15. The Morgan fingerprint density at radius 3 is 1.33 bits per heavy atom. The Hall–Kier alpha value is -0.0800. The van der Waals surface area contributed by atoms with Gasteiger partial charge in [-0.25, -0.2) is 0 Å². The van der Waals surface area contributed by atoms with Crippen LogP contribution < -0.4 is 0 Å². The maximum atomic E-state index is 2.68. The number of rotatable bonds is 2. The van der Waals surface area contributed by atoms with Gasteiger partial charge >= 0.3 is 0 Å². The van der Waals surface area contributed by atoms with Crippen LogP contribution in [0.2, 0.25) is 0 Å². The molecule has 2 aliphatic rings. The van der Waals surface area contributed by atoms with E-state index in [2.05, 4.69) is 37.5 Å². The third-order valence-electron chi connectivity index (χ3n) is 4.10. The first-order valence-corrected chi connectivity index (χ1v) is 6.54. The van der Waals surface area contributed by atoms with Gasteiger partial charge in [-0.05, 0) is 46.0 Å². The molecule has 0 aliphatic carbocycles. The van der Waals surface area contributed by atoms with Crippen LogP contribution in [0, 0.1) is 11.8 Å². The molecule has 2 fully saturated rings. The summed E-state index contributed by atoms with van der Waals surface area (Å²) in [6, 6.07) is 1.47. The molecule has 2 bridgehead atoms. The summed E-state index contributed by atoms with van der Waals surface area (Å²) < 4.78 is 0. The highest BCUT2D eigenvalue weighted by molar-refractivity contribution is 4.89. The lowest BCUT2D eigenvalue weighted by atomic mass is 9.83. The zero-order valence-corrected chi connectivity index (χ0v) is 10.7. The Kier molecular flexibility index (Phi) is 3.36. The van der Waals surface area contributed by atoms with Crippen molar-refractivity contribution < 1.29 is 0 Å². The fourth-order valence-electron chi connectivity index (χ4n) is 3.20. The van der Waals surface area contributed by atoms with Gasteiger partial charge < -0.3 is 9.80 Å². The second-order valence-corrected chi connectivity index (χ2v) is 6.06. The third-order valence-corrected chi connectivity index (χ3v) is 4.10. The van der Waals surface area contributed by atoms with Crippen molar-refractivity contribution >= 4 is 0 Å². The topological polar surface area (TPSA) is 6.48 Å². The lowest BCUT2D eigenvalue weighted by molar-refractivity contribution is 0.00570. The molecule has 88 valence electrons. The van der Waals surface area contributed by atoms with Crippen LogP contribution in [0.1, 0.15) is 34.1 Å². The first-order valence-electron chi connectivity index (χ1n) is 6.54. The largest absolute Gasteiger partial charge is 0.300 e. The molecule has 2 heteroatoms. The van der Waals surface area contributed by atoms with E-state index in [1.165, 1.54) is 32.6 Å². The van der Waals surface area contributed by atoms with E-state index in [4.69, 9.17) is 0 Å². The Morgan fingerprint density at radius 1 is 0.733 bits per heavy atom. The maximum Gasteiger partial charge on any atom is 0.00388 e. The van der Waals surface area contributed by atoms with Gasteiger partial charge in [-0.2, -0.15) is 0 Å². The van der Waals surface area contributed by atoms with Crippen molar-refractivity contribution in [3.63, 3.8) is 0 Å². The van der Waals surface area contributed by atoms with Crippen LogP contribution in [0.4, 0.5) is 0 Å². The molecule has 0 aromatic heterocycles. The zero-order chi connectivity index (χ0) is 11.0. The van der Waals surface area contributed by atoms with Gasteiger partial charge in [0.25, 0.3) is 0 Å². The fourth-order valence-corrected chi connectivity index (χ4v) is 3.20. The quantitative estimate of drug-likeness (QED) is 0.688. The predicted molar refractivity (Wildman–Crippen MR) is 65.0 cm³/mol. The summed E-state index contributed by atoms with van der Waals surface area (Å²) in [4.78, 5) is 5.35. The minimum absolute atomic E-state index is 0.737. The molecule has 2 rings (SSSR count). The van der Waals surface area contributed by atoms with Crippen molar-refractivity contribution in [2.45, 2.75) is 46.2 Å². The molecule has 2 aliphatic heterocycles. The molecule has 0 aromatic rings. The van der Waals surface area contributed by atoms with E-state index in [9.17, 15) is 0 Å². The minimum Gasteiger partial charge on any atom is -0.300 e. The van der Waals surface area contributed by atoms with Gasteiger partial charge in [-0.15, -0.1) is 0 Å². The van der Waals surface area contributed by atoms with Crippen LogP contribution in [0.3, 0.4) is 0 Å². The molecular weight excluding hydrogens is 184 g/mol. The molecule has 0 unspecified atom stereocenters. The highest BCUT2D eigenvalue weighted by atomic mass is 15.2. The number of nitrogens with zero attached hydrogens (tertiary/aromatic N) is 2. The molecule has 2 nitrogen and oxygen atoms in total. The molecule has 2 saturated heterocycles.